The van der Waals surface area contributed by atoms with Gasteiger partial charge in [-0.25, -0.2) is 0 Å². The maximum Gasteiger partial charge on any atom is 0.224 e. The lowest BCUT2D eigenvalue weighted by Crippen LogP contribution is -2.29. The number of aryl methyl sites for hydroxylation is 1. The molecule has 0 bridgehead atoms. The number of benzene rings is 2. The number of methoxy groups -OCH3 is 2. The van der Waals surface area contributed by atoms with Crippen LogP contribution in [0.2, 0.25) is 0 Å². The van der Waals surface area contributed by atoms with Crippen molar-refractivity contribution in [2.45, 2.75) is 13.3 Å². The van der Waals surface area contributed by atoms with Crippen LogP contribution in [-0.2, 0) is 11.2 Å². The van der Waals surface area contributed by atoms with Crippen molar-refractivity contribution >= 4 is 5.91 Å². The van der Waals surface area contributed by atoms with E-state index < -0.39 is 0 Å². The fourth-order valence-corrected chi connectivity index (χ4v) is 2.31. The summed E-state index contributed by atoms with van der Waals surface area (Å²) >= 11 is 0. The van der Waals surface area contributed by atoms with Gasteiger partial charge in [0.2, 0.25) is 5.91 Å². The average molecular weight is 329 g/mol. The first kappa shape index (κ1) is 17.7. The van der Waals surface area contributed by atoms with Crippen LogP contribution in [0.25, 0.3) is 0 Å². The van der Waals surface area contributed by atoms with Crippen LogP contribution < -0.4 is 19.5 Å². The van der Waals surface area contributed by atoms with Crippen molar-refractivity contribution < 1.29 is 19.0 Å². The Morgan fingerprint density at radius 1 is 1.00 bits per heavy atom. The van der Waals surface area contributed by atoms with Crippen molar-refractivity contribution in [1.29, 1.82) is 0 Å². The highest BCUT2D eigenvalue weighted by atomic mass is 16.5. The number of ether oxygens (including phenoxy) is 3. The van der Waals surface area contributed by atoms with Crippen LogP contribution >= 0.6 is 0 Å². The molecule has 0 radical (unpaired) electrons. The van der Waals surface area contributed by atoms with Crippen LogP contribution in [0, 0.1) is 6.92 Å². The van der Waals surface area contributed by atoms with Crippen molar-refractivity contribution in [3.63, 3.8) is 0 Å². The summed E-state index contributed by atoms with van der Waals surface area (Å²) in [6, 6.07) is 13.3. The van der Waals surface area contributed by atoms with Crippen LogP contribution in [0.1, 0.15) is 11.1 Å². The van der Waals surface area contributed by atoms with Gasteiger partial charge >= 0.3 is 0 Å². The predicted octanol–water partition coefficient (Wildman–Crippen LogP) is 2.75. The number of para-hydroxylation sites is 1. The van der Waals surface area contributed by atoms with Crippen LogP contribution in [-0.4, -0.2) is 33.3 Å². The lowest BCUT2D eigenvalue weighted by molar-refractivity contribution is -0.120. The number of hydrogen-bond donors (Lipinski definition) is 1. The Hall–Kier alpha value is -2.69. The summed E-state index contributed by atoms with van der Waals surface area (Å²) in [7, 11) is 3.16. The molecule has 1 amide bonds. The summed E-state index contributed by atoms with van der Waals surface area (Å²) in [4.78, 5) is 12.0. The smallest absolute Gasteiger partial charge is 0.224 e. The zero-order chi connectivity index (χ0) is 17.4. The number of hydrogen-bond acceptors (Lipinski definition) is 4. The van der Waals surface area contributed by atoms with E-state index in [1.54, 1.807) is 20.3 Å². The Labute approximate surface area is 142 Å². The molecule has 1 N–H and O–H groups in total. The average Bonchev–Trinajstić information content (AvgIpc) is 2.60. The SMILES string of the molecule is COc1ccc(CC(=O)NCCOc2ccccc2C)cc1OC. The van der Waals surface area contributed by atoms with E-state index in [1.807, 2.05) is 43.3 Å². The first-order chi connectivity index (χ1) is 11.6. The number of nitrogens with one attached hydrogen (secondary N) is 1. The van der Waals surface area contributed by atoms with Crippen molar-refractivity contribution in [1.82, 2.24) is 5.32 Å². The molecule has 0 fully saturated rings. The highest BCUT2D eigenvalue weighted by molar-refractivity contribution is 5.78. The summed E-state index contributed by atoms with van der Waals surface area (Å²) in [5, 5.41) is 2.85. The van der Waals surface area contributed by atoms with E-state index in [9.17, 15) is 4.79 Å². The van der Waals surface area contributed by atoms with Crippen molar-refractivity contribution in [3.8, 4) is 17.2 Å². The van der Waals surface area contributed by atoms with Gasteiger partial charge in [0.15, 0.2) is 11.5 Å². The monoisotopic (exact) mass is 329 g/mol. The Morgan fingerprint density at radius 3 is 2.46 bits per heavy atom. The van der Waals surface area contributed by atoms with Crippen LogP contribution in [0.4, 0.5) is 0 Å². The molecule has 5 nitrogen and oxygen atoms in total. The molecule has 2 aromatic carbocycles. The van der Waals surface area contributed by atoms with Gasteiger partial charge in [-0.15, -0.1) is 0 Å². The predicted molar refractivity (Wildman–Crippen MR) is 92.9 cm³/mol. The van der Waals surface area contributed by atoms with Crippen LogP contribution in [0.3, 0.4) is 0 Å². The Kier molecular flexibility index (Phi) is 6.49. The molecule has 0 saturated heterocycles. The van der Waals surface area contributed by atoms with E-state index in [0.717, 1.165) is 16.9 Å². The van der Waals surface area contributed by atoms with E-state index in [0.29, 0.717) is 24.7 Å². The maximum absolute atomic E-state index is 12.0. The normalized spacial score (nSPS) is 10.1. The molecule has 0 aliphatic carbocycles. The maximum atomic E-state index is 12.0. The van der Waals surface area contributed by atoms with Gasteiger partial charge in [-0.1, -0.05) is 24.3 Å². The second-order valence-corrected chi connectivity index (χ2v) is 5.33. The number of carbonyl (C=O) groups is 1. The van der Waals surface area contributed by atoms with Crippen LogP contribution in [0.5, 0.6) is 17.2 Å². The Bertz CT molecular complexity index is 685. The zero-order valence-electron chi connectivity index (χ0n) is 14.3. The van der Waals surface area contributed by atoms with Crippen molar-refractivity contribution in [2.75, 3.05) is 27.4 Å². The first-order valence-corrected chi connectivity index (χ1v) is 7.80. The van der Waals surface area contributed by atoms with E-state index in [1.165, 1.54) is 0 Å². The van der Waals surface area contributed by atoms with Gasteiger partial charge < -0.3 is 19.5 Å². The van der Waals surface area contributed by atoms with Gasteiger partial charge in [0.1, 0.15) is 12.4 Å². The highest BCUT2D eigenvalue weighted by Crippen LogP contribution is 2.27. The number of amides is 1. The minimum Gasteiger partial charge on any atom is -0.493 e. The molecule has 0 spiro atoms. The fraction of sp³-hybridized carbons (Fsp3) is 0.316. The summed E-state index contributed by atoms with van der Waals surface area (Å²) < 4.78 is 16.1. The number of carbonyl (C=O) groups excluding carboxylic acids is 1. The molecule has 0 aliphatic heterocycles. The van der Waals surface area contributed by atoms with Gasteiger partial charge in [0.25, 0.3) is 0 Å². The molecule has 2 aromatic rings. The van der Waals surface area contributed by atoms with Gasteiger partial charge in [0.05, 0.1) is 27.2 Å². The molecule has 0 aliphatic rings. The van der Waals surface area contributed by atoms with E-state index in [4.69, 9.17) is 14.2 Å². The van der Waals surface area contributed by atoms with Gasteiger partial charge in [-0.05, 0) is 36.2 Å². The molecule has 0 unspecified atom stereocenters. The van der Waals surface area contributed by atoms with Gasteiger partial charge in [0, 0.05) is 0 Å². The topological polar surface area (TPSA) is 56.8 Å². The largest absolute Gasteiger partial charge is 0.493 e. The molecular formula is C19H23NO4. The second kappa shape index (κ2) is 8.82. The summed E-state index contributed by atoms with van der Waals surface area (Å²) in [5.41, 5.74) is 1.94. The minimum atomic E-state index is -0.0596. The standard InChI is InChI=1S/C19H23NO4/c1-14-6-4-5-7-16(14)24-11-10-20-19(21)13-15-8-9-17(22-2)18(12-15)23-3/h4-9,12H,10-11,13H2,1-3H3,(H,20,21). The molecule has 0 aromatic heterocycles. The molecule has 128 valence electrons. The van der Waals surface area contributed by atoms with Gasteiger partial charge in [-0.2, -0.15) is 0 Å². The molecule has 0 heterocycles. The van der Waals surface area contributed by atoms with Gasteiger partial charge in [-0.3, -0.25) is 4.79 Å². The molecular weight excluding hydrogens is 306 g/mol. The second-order valence-electron chi connectivity index (χ2n) is 5.33. The quantitative estimate of drug-likeness (QED) is 0.757. The van der Waals surface area contributed by atoms with E-state index in [2.05, 4.69) is 5.32 Å². The van der Waals surface area contributed by atoms with Crippen molar-refractivity contribution in [3.05, 3.63) is 53.6 Å². The highest BCUT2D eigenvalue weighted by Gasteiger charge is 2.08. The molecule has 2 rings (SSSR count). The Balaban J connectivity index is 1.78. The minimum absolute atomic E-state index is 0.0596. The van der Waals surface area contributed by atoms with Crippen LogP contribution in [0.15, 0.2) is 42.5 Å². The first-order valence-electron chi connectivity index (χ1n) is 7.80. The van der Waals surface area contributed by atoms with Crippen molar-refractivity contribution in [2.24, 2.45) is 0 Å². The third-order valence-corrected chi connectivity index (χ3v) is 3.59. The molecule has 0 saturated carbocycles. The summed E-state index contributed by atoms with van der Waals surface area (Å²) in [6.07, 6.45) is 0.282. The number of rotatable bonds is 8. The fourth-order valence-electron chi connectivity index (χ4n) is 2.31. The third kappa shape index (κ3) is 4.91. The molecule has 24 heavy (non-hydrogen) atoms. The lowest BCUT2D eigenvalue weighted by Gasteiger charge is -2.11. The molecule has 0 atom stereocenters. The van der Waals surface area contributed by atoms with E-state index in [-0.39, 0.29) is 12.3 Å². The summed E-state index contributed by atoms with van der Waals surface area (Å²) in [6.45, 7) is 2.88. The summed E-state index contributed by atoms with van der Waals surface area (Å²) in [5.74, 6) is 2.04. The lowest BCUT2D eigenvalue weighted by atomic mass is 10.1. The van der Waals surface area contributed by atoms with E-state index >= 15 is 0 Å². The Morgan fingerprint density at radius 2 is 1.75 bits per heavy atom. The molecule has 5 heteroatoms. The zero-order valence-corrected chi connectivity index (χ0v) is 14.3. The third-order valence-electron chi connectivity index (χ3n) is 3.59.